The number of carbonyl (C=O) groups excluding carboxylic acids is 1. The zero-order valence-corrected chi connectivity index (χ0v) is 23.3. The lowest BCUT2D eigenvalue weighted by Crippen LogP contribution is -2.63. The number of aromatic amines is 1. The summed E-state index contributed by atoms with van der Waals surface area (Å²) in [6.45, 7) is 13.5. The van der Waals surface area contributed by atoms with Crippen molar-refractivity contribution < 1.29 is 23.8 Å². The highest BCUT2D eigenvalue weighted by Crippen LogP contribution is 2.42. The Kier molecular flexibility index (Phi) is 7.42. The van der Waals surface area contributed by atoms with Crippen molar-refractivity contribution in [3.63, 3.8) is 0 Å². The largest absolute Gasteiger partial charge is 0.464 e. The van der Waals surface area contributed by atoms with Crippen molar-refractivity contribution in [3.05, 3.63) is 23.3 Å². The molecular weight excluding hydrogens is 507 g/mol. The highest BCUT2D eigenvalue weighted by molar-refractivity contribution is 5.78. The molecule has 2 aromatic rings. The minimum absolute atomic E-state index is 0.0327. The van der Waals surface area contributed by atoms with E-state index in [9.17, 15) is 14.3 Å². The van der Waals surface area contributed by atoms with Crippen LogP contribution in [0.25, 0.3) is 0 Å². The van der Waals surface area contributed by atoms with Crippen LogP contribution in [0.15, 0.2) is 6.20 Å². The number of carbonyl (C=O) groups is 1. The summed E-state index contributed by atoms with van der Waals surface area (Å²) in [5.41, 5.74) is 0.169. The molecule has 3 N–H and O–H groups in total. The summed E-state index contributed by atoms with van der Waals surface area (Å²) in [4.78, 5) is 27.9. The Hall–Kier alpha value is -3.03. The van der Waals surface area contributed by atoms with Gasteiger partial charge in [-0.1, -0.05) is 0 Å². The SMILES string of the molecule is CCOc1ncc(F)c(Nc2n[nH]c3c2CN(C(=O)N2CC(C)N(CC4(O)CCOCC4)C[C@@H]2C)C3(C)C)n1. The van der Waals surface area contributed by atoms with E-state index in [4.69, 9.17) is 9.47 Å². The van der Waals surface area contributed by atoms with Crippen LogP contribution in [0.2, 0.25) is 0 Å². The maximum Gasteiger partial charge on any atom is 0.321 e. The summed E-state index contributed by atoms with van der Waals surface area (Å²) in [6, 6.07) is 0.0671. The highest BCUT2D eigenvalue weighted by Gasteiger charge is 2.47. The molecule has 2 aromatic heterocycles. The van der Waals surface area contributed by atoms with Gasteiger partial charge in [-0.3, -0.25) is 10.00 Å². The number of ether oxygens (including phenoxy) is 2. The van der Waals surface area contributed by atoms with E-state index < -0.39 is 17.0 Å². The lowest BCUT2D eigenvalue weighted by Gasteiger charge is -2.49. The topological polar surface area (TPSA) is 132 Å². The first kappa shape index (κ1) is 27.5. The van der Waals surface area contributed by atoms with Gasteiger partial charge in [-0.25, -0.2) is 14.2 Å². The number of nitrogens with zero attached hydrogens (tertiary/aromatic N) is 6. The average Bonchev–Trinajstić information content (AvgIpc) is 3.41. The quantitative estimate of drug-likeness (QED) is 0.500. The Labute approximate surface area is 227 Å². The third kappa shape index (κ3) is 5.27. The van der Waals surface area contributed by atoms with E-state index in [1.807, 2.05) is 23.6 Å². The van der Waals surface area contributed by atoms with Crippen LogP contribution in [0.5, 0.6) is 6.01 Å². The molecule has 0 radical (unpaired) electrons. The van der Waals surface area contributed by atoms with Crippen LogP contribution < -0.4 is 10.1 Å². The van der Waals surface area contributed by atoms with E-state index in [0.717, 1.165) is 17.5 Å². The number of H-pyrrole nitrogens is 1. The molecule has 0 aromatic carbocycles. The second kappa shape index (κ2) is 10.5. The monoisotopic (exact) mass is 546 g/mol. The van der Waals surface area contributed by atoms with Crippen molar-refractivity contribution >= 4 is 17.7 Å². The number of β-amino-alcohol motifs (C(OH)–C–C–N with tert-alkyl or cyclic N) is 1. The normalized spacial score (nSPS) is 24.5. The first-order valence-corrected chi connectivity index (χ1v) is 13.6. The number of urea groups is 1. The van der Waals surface area contributed by atoms with Crippen molar-refractivity contribution in [2.45, 2.75) is 77.2 Å². The molecule has 214 valence electrons. The number of hydrogen-bond donors (Lipinski definition) is 3. The summed E-state index contributed by atoms with van der Waals surface area (Å²) in [7, 11) is 0. The minimum Gasteiger partial charge on any atom is -0.464 e. The number of aliphatic hydroxyl groups is 1. The molecule has 2 saturated heterocycles. The first-order valence-electron chi connectivity index (χ1n) is 13.6. The number of rotatable bonds is 6. The van der Waals surface area contributed by atoms with Crippen LogP contribution in [0.3, 0.4) is 0 Å². The molecule has 0 aliphatic carbocycles. The molecule has 0 bridgehead atoms. The van der Waals surface area contributed by atoms with Crippen LogP contribution in [-0.4, -0.2) is 103 Å². The van der Waals surface area contributed by atoms with Crippen molar-refractivity contribution in [2.75, 3.05) is 44.8 Å². The van der Waals surface area contributed by atoms with E-state index >= 15 is 0 Å². The van der Waals surface area contributed by atoms with Crippen LogP contribution in [0.1, 0.15) is 58.7 Å². The predicted octanol–water partition coefficient (Wildman–Crippen LogP) is 2.59. The molecule has 3 aliphatic rings. The molecule has 13 heteroatoms. The van der Waals surface area contributed by atoms with Gasteiger partial charge in [0.15, 0.2) is 17.5 Å². The maximum atomic E-state index is 14.5. The van der Waals surface area contributed by atoms with Crippen LogP contribution in [-0.2, 0) is 16.8 Å². The van der Waals surface area contributed by atoms with E-state index in [1.54, 1.807) is 6.92 Å². The smallest absolute Gasteiger partial charge is 0.321 e. The summed E-state index contributed by atoms with van der Waals surface area (Å²) < 4.78 is 25.2. The lowest BCUT2D eigenvalue weighted by atomic mass is 9.92. The molecule has 0 saturated carbocycles. The number of hydrogen-bond acceptors (Lipinski definition) is 9. The lowest BCUT2D eigenvalue weighted by molar-refractivity contribution is -0.0934. The van der Waals surface area contributed by atoms with E-state index in [-0.39, 0.29) is 29.9 Å². The second-order valence-electron chi connectivity index (χ2n) is 11.4. The maximum absolute atomic E-state index is 14.5. The Bertz CT molecular complexity index is 1200. The molecule has 39 heavy (non-hydrogen) atoms. The van der Waals surface area contributed by atoms with Crippen molar-refractivity contribution in [1.29, 1.82) is 0 Å². The average molecular weight is 547 g/mol. The number of fused-ring (bicyclic) bond motifs is 1. The molecule has 0 spiro atoms. The molecule has 2 fully saturated rings. The Balaban J connectivity index is 1.29. The van der Waals surface area contributed by atoms with Gasteiger partial charge in [0.05, 0.1) is 36.2 Å². The van der Waals surface area contributed by atoms with Gasteiger partial charge >= 0.3 is 12.0 Å². The molecule has 2 amide bonds. The Morgan fingerprint density at radius 1 is 1.26 bits per heavy atom. The second-order valence-corrected chi connectivity index (χ2v) is 11.4. The number of nitrogens with one attached hydrogen (secondary N) is 2. The summed E-state index contributed by atoms with van der Waals surface area (Å²) in [5.74, 6) is -0.272. The fourth-order valence-electron chi connectivity index (χ4n) is 5.80. The molecule has 3 aliphatic heterocycles. The zero-order valence-electron chi connectivity index (χ0n) is 23.3. The van der Waals surface area contributed by atoms with Gasteiger partial charge in [0, 0.05) is 63.3 Å². The fraction of sp³-hybridized carbons (Fsp3) is 0.692. The molecule has 1 unspecified atom stereocenters. The van der Waals surface area contributed by atoms with Gasteiger partial charge < -0.3 is 29.7 Å². The third-order valence-electron chi connectivity index (χ3n) is 8.21. The van der Waals surface area contributed by atoms with Gasteiger partial charge in [-0.2, -0.15) is 10.1 Å². The number of piperazine rings is 1. The predicted molar refractivity (Wildman–Crippen MR) is 141 cm³/mol. The standard InChI is InChI=1S/C26H39FN8O4/c1-6-39-23-28-11-19(27)22(30-23)29-21-18-14-35(25(4,5)20(18)31-32-21)24(36)34-13-16(2)33(12-17(34)3)15-26(37)7-9-38-10-8-26/h11,16-17,37H,6-10,12-15H2,1-5H3,(H2,28,29,30,31,32)/t16?,17-/m0/s1. The van der Waals surface area contributed by atoms with Gasteiger partial charge in [-0.15, -0.1) is 0 Å². The fourth-order valence-corrected chi connectivity index (χ4v) is 5.80. The summed E-state index contributed by atoms with van der Waals surface area (Å²) >= 11 is 0. The van der Waals surface area contributed by atoms with Crippen molar-refractivity contribution in [3.8, 4) is 6.01 Å². The zero-order chi connectivity index (χ0) is 27.9. The number of anilines is 2. The van der Waals surface area contributed by atoms with E-state index in [1.165, 1.54) is 0 Å². The van der Waals surface area contributed by atoms with Gasteiger partial charge in [-0.05, 0) is 34.6 Å². The number of aromatic nitrogens is 4. The summed E-state index contributed by atoms with van der Waals surface area (Å²) in [5, 5.41) is 21.4. The van der Waals surface area contributed by atoms with Gasteiger partial charge in [0.1, 0.15) is 0 Å². The highest BCUT2D eigenvalue weighted by atomic mass is 19.1. The summed E-state index contributed by atoms with van der Waals surface area (Å²) in [6.07, 6.45) is 2.31. The van der Waals surface area contributed by atoms with Crippen LogP contribution >= 0.6 is 0 Å². The van der Waals surface area contributed by atoms with Crippen LogP contribution in [0.4, 0.5) is 20.8 Å². The van der Waals surface area contributed by atoms with E-state index in [0.29, 0.717) is 64.7 Å². The van der Waals surface area contributed by atoms with E-state index in [2.05, 4.69) is 44.2 Å². The first-order chi connectivity index (χ1) is 18.5. The molecule has 2 atom stereocenters. The van der Waals surface area contributed by atoms with Crippen molar-refractivity contribution in [2.24, 2.45) is 0 Å². The van der Waals surface area contributed by atoms with Gasteiger partial charge in [0.2, 0.25) is 0 Å². The molecule has 5 rings (SSSR count). The molecular formula is C26H39FN8O4. The minimum atomic E-state index is -0.749. The van der Waals surface area contributed by atoms with Crippen LogP contribution in [0, 0.1) is 5.82 Å². The molecule has 5 heterocycles. The van der Waals surface area contributed by atoms with Crippen molar-refractivity contribution in [1.82, 2.24) is 34.9 Å². The number of halogens is 1. The number of amides is 2. The van der Waals surface area contributed by atoms with Gasteiger partial charge in [0.25, 0.3) is 0 Å². The Morgan fingerprint density at radius 2 is 2.00 bits per heavy atom. The molecule has 12 nitrogen and oxygen atoms in total. The third-order valence-corrected chi connectivity index (χ3v) is 8.21. The Morgan fingerprint density at radius 3 is 2.72 bits per heavy atom.